The summed E-state index contributed by atoms with van der Waals surface area (Å²) < 4.78 is 7.05. The van der Waals surface area contributed by atoms with Gasteiger partial charge in [0.2, 0.25) is 5.75 Å². The lowest BCUT2D eigenvalue weighted by molar-refractivity contribution is 0.415. The van der Waals surface area contributed by atoms with E-state index in [4.69, 9.17) is 10.6 Å². The van der Waals surface area contributed by atoms with Crippen LogP contribution in [-0.4, -0.2) is 17.1 Å². The van der Waals surface area contributed by atoms with E-state index >= 15 is 0 Å². The fraction of sp³-hybridized carbons (Fsp3) is 0.0909. The Morgan fingerprint density at radius 3 is 2.37 bits per heavy atom. The first-order valence-corrected chi connectivity index (χ1v) is 6.82. The number of rotatable bonds is 4. The van der Waals surface area contributed by atoms with E-state index in [1.54, 1.807) is 0 Å². The number of aromatic nitrogens is 2. The molecular weight excluding hydrogens is 378 g/mol. The van der Waals surface area contributed by atoms with Crippen molar-refractivity contribution in [3.63, 3.8) is 0 Å². The van der Waals surface area contributed by atoms with Gasteiger partial charge in [-0.3, -0.25) is 0 Å². The van der Waals surface area contributed by atoms with Gasteiger partial charge in [0.15, 0.2) is 11.6 Å². The summed E-state index contributed by atoms with van der Waals surface area (Å²) >= 11 is 6.94. The summed E-state index contributed by atoms with van der Waals surface area (Å²) in [6, 6.07) is 5.76. The molecule has 0 atom stereocenters. The van der Waals surface area contributed by atoms with Crippen LogP contribution in [0.25, 0.3) is 0 Å². The molecule has 2 rings (SSSR count). The molecule has 4 N–H and O–H groups in total. The van der Waals surface area contributed by atoms with E-state index < -0.39 is 0 Å². The van der Waals surface area contributed by atoms with Gasteiger partial charge in [-0.2, -0.15) is 0 Å². The Labute approximate surface area is 127 Å². The second-order valence-corrected chi connectivity index (χ2v) is 5.18. The zero-order valence-electron chi connectivity index (χ0n) is 9.95. The Balaban J connectivity index is 2.44. The first-order valence-electron chi connectivity index (χ1n) is 5.24. The van der Waals surface area contributed by atoms with Gasteiger partial charge in [-0.05, 0) is 44.0 Å². The lowest BCUT2D eigenvalue weighted by atomic mass is 10.3. The van der Waals surface area contributed by atoms with Crippen molar-refractivity contribution in [1.29, 1.82) is 0 Å². The van der Waals surface area contributed by atoms with E-state index in [1.807, 2.05) is 18.2 Å². The van der Waals surface area contributed by atoms with Gasteiger partial charge in [0.05, 0.1) is 12.8 Å². The van der Waals surface area contributed by atoms with Crippen molar-refractivity contribution in [2.45, 2.75) is 0 Å². The van der Waals surface area contributed by atoms with Gasteiger partial charge < -0.3 is 15.5 Å². The highest BCUT2D eigenvalue weighted by molar-refractivity contribution is 9.11. The molecule has 1 heterocycles. The average molecular weight is 389 g/mol. The number of nitrogen functional groups attached to an aromatic ring is 1. The number of ether oxygens (including phenoxy) is 1. The Bertz CT molecular complexity index is 573. The highest BCUT2D eigenvalue weighted by atomic mass is 79.9. The van der Waals surface area contributed by atoms with Crippen LogP contribution >= 0.6 is 31.9 Å². The van der Waals surface area contributed by atoms with Crippen molar-refractivity contribution in [2.24, 2.45) is 5.84 Å². The minimum atomic E-state index is 0.406. The van der Waals surface area contributed by atoms with E-state index in [0.29, 0.717) is 17.4 Å². The number of nitrogens with two attached hydrogens (primary N) is 1. The average Bonchev–Trinajstić information content (AvgIpc) is 2.42. The number of hydrogen-bond donors (Lipinski definition) is 3. The lowest BCUT2D eigenvalue weighted by Crippen LogP contribution is -2.11. The summed E-state index contributed by atoms with van der Waals surface area (Å²) in [5, 5.41) is 3.17. The molecule has 0 spiro atoms. The molecule has 0 amide bonds. The summed E-state index contributed by atoms with van der Waals surface area (Å²) in [5.74, 6) is 6.74. The Morgan fingerprint density at radius 2 is 1.79 bits per heavy atom. The number of nitrogens with one attached hydrogen (secondary N) is 2. The molecule has 8 heteroatoms. The van der Waals surface area contributed by atoms with Crippen LogP contribution in [0.15, 0.2) is 33.5 Å². The van der Waals surface area contributed by atoms with Crippen molar-refractivity contribution in [2.75, 3.05) is 17.9 Å². The summed E-state index contributed by atoms with van der Waals surface area (Å²) in [5.41, 5.74) is 3.30. The van der Waals surface area contributed by atoms with Crippen molar-refractivity contribution < 1.29 is 4.74 Å². The van der Waals surface area contributed by atoms with Gasteiger partial charge in [0.1, 0.15) is 6.33 Å². The third kappa shape index (κ3) is 2.96. The van der Waals surface area contributed by atoms with Crippen LogP contribution in [0.2, 0.25) is 0 Å². The van der Waals surface area contributed by atoms with Crippen LogP contribution in [0.3, 0.4) is 0 Å². The highest BCUT2D eigenvalue weighted by Crippen LogP contribution is 2.36. The molecule has 2 aromatic rings. The van der Waals surface area contributed by atoms with Crippen molar-refractivity contribution in [1.82, 2.24) is 9.97 Å². The summed E-state index contributed by atoms with van der Waals surface area (Å²) in [7, 11) is 1.53. The maximum Gasteiger partial charge on any atom is 0.205 e. The van der Waals surface area contributed by atoms with Gasteiger partial charge in [-0.15, -0.1) is 0 Å². The number of halogens is 2. The maximum atomic E-state index is 5.38. The molecule has 1 aromatic carbocycles. The molecule has 0 saturated heterocycles. The minimum Gasteiger partial charge on any atom is -0.490 e. The number of hydrogen-bond acceptors (Lipinski definition) is 6. The van der Waals surface area contributed by atoms with Crippen molar-refractivity contribution in [3.8, 4) is 5.75 Å². The first-order chi connectivity index (χ1) is 9.17. The normalized spacial score (nSPS) is 10.1. The molecule has 0 aliphatic rings. The molecule has 0 aliphatic heterocycles. The predicted molar refractivity (Wildman–Crippen MR) is 81.5 cm³/mol. The minimum absolute atomic E-state index is 0.406. The smallest absolute Gasteiger partial charge is 0.205 e. The van der Waals surface area contributed by atoms with Crippen LogP contribution < -0.4 is 21.3 Å². The standard InChI is InChI=1S/C11H11Br2N5O/c1-19-9-10(15-5-16-11(9)18-14)17-8-6(12)3-2-4-7(8)13/h2-5H,14H2,1H3,(H2,15,16,17,18). The Hall–Kier alpha value is -1.38. The zero-order valence-corrected chi connectivity index (χ0v) is 13.1. The van der Waals surface area contributed by atoms with Crippen LogP contribution in [-0.2, 0) is 0 Å². The van der Waals surface area contributed by atoms with E-state index in [9.17, 15) is 0 Å². The van der Waals surface area contributed by atoms with Gasteiger partial charge in [0.25, 0.3) is 0 Å². The Morgan fingerprint density at radius 1 is 1.16 bits per heavy atom. The van der Waals surface area contributed by atoms with Crippen LogP contribution in [0.1, 0.15) is 0 Å². The van der Waals surface area contributed by atoms with Gasteiger partial charge >= 0.3 is 0 Å². The summed E-state index contributed by atoms with van der Waals surface area (Å²) in [6.07, 6.45) is 1.39. The molecule has 100 valence electrons. The quantitative estimate of drug-likeness (QED) is 0.551. The SMILES string of the molecule is COc1c(NN)ncnc1Nc1c(Br)cccc1Br. The Kier molecular flexibility index (Phi) is 4.56. The summed E-state index contributed by atoms with van der Waals surface area (Å²) in [6.45, 7) is 0. The van der Waals surface area contributed by atoms with E-state index in [1.165, 1.54) is 13.4 Å². The number of hydrazine groups is 1. The second kappa shape index (κ2) is 6.18. The number of nitrogens with zero attached hydrogens (tertiary/aromatic N) is 2. The van der Waals surface area contributed by atoms with Gasteiger partial charge in [-0.1, -0.05) is 6.07 Å². The van der Waals surface area contributed by atoms with Crippen LogP contribution in [0, 0.1) is 0 Å². The molecule has 0 saturated carbocycles. The third-order valence-electron chi connectivity index (χ3n) is 2.35. The molecular formula is C11H11Br2N5O. The zero-order chi connectivity index (χ0) is 13.8. The largest absolute Gasteiger partial charge is 0.490 e. The lowest BCUT2D eigenvalue weighted by Gasteiger charge is -2.14. The monoisotopic (exact) mass is 387 g/mol. The van der Waals surface area contributed by atoms with Gasteiger partial charge in [0, 0.05) is 8.95 Å². The van der Waals surface area contributed by atoms with Crippen LogP contribution in [0.5, 0.6) is 5.75 Å². The molecule has 0 aliphatic carbocycles. The molecule has 0 fully saturated rings. The predicted octanol–water partition coefficient (Wildman–Crippen LogP) is 3.04. The maximum absolute atomic E-state index is 5.38. The van der Waals surface area contributed by atoms with Gasteiger partial charge in [-0.25, -0.2) is 15.8 Å². The van der Waals surface area contributed by atoms with E-state index in [0.717, 1.165) is 14.6 Å². The second-order valence-electron chi connectivity index (χ2n) is 3.47. The van der Waals surface area contributed by atoms with E-state index in [-0.39, 0.29) is 0 Å². The van der Waals surface area contributed by atoms with Crippen molar-refractivity contribution in [3.05, 3.63) is 33.5 Å². The molecule has 6 nitrogen and oxygen atoms in total. The number of para-hydroxylation sites is 1. The number of methoxy groups -OCH3 is 1. The molecule has 1 aromatic heterocycles. The number of anilines is 3. The third-order valence-corrected chi connectivity index (χ3v) is 3.67. The first kappa shape index (κ1) is 14.0. The fourth-order valence-electron chi connectivity index (χ4n) is 1.49. The fourth-order valence-corrected chi connectivity index (χ4v) is 2.69. The van der Waals surface area contributed by atoms with Crippen molar-refractivity contribution >= 4 is 49.2 Å². The van der Waals surface area contributed by atoms with E-state index in [2.05, 4.69) is 52.6 Å². The highest BCUT2D eigenvalue weighted by Gasteiger charge is 2.13. The topological polar surface area (TPSA) is 85.1 Å². The molecule has 0 unspecified atom stereocenters. The summed E-state index contributed by atoms with van der Waals surface area (Å²) in [4.78, 5) is 8.13. The molecule has 0 bridgehead atoms. The van der Waals surface area contributed by atoms with Crippen LogP contribution in [0.4, 0.5) is 17.3 Å². The molecule has 0 radical (unpaired) electrons. The molecule has 19 heavy (non-hydrogen) atoms. The number of benzene rings is 1.